The number of hydrogen-bond acceptors (Lipinski definition) is 5. The van der Waals surface area contributed by atoms with E-state index >= 15 is 0 Å². The average molecular weight is 327 g/mol. The predicted molar refractivity (Wildman–Crippen MR) is 78.4 cm³/mol. The highest BCUT2D eigenvalue weighted by atomic mass is 35.5. The van der Waals surface area contributed by atoms with E-state index in [1.165, 1.54) is 11.6 Å². The van der Waals surface area contributed by atoms with Gasteiger partial charge in [0.25, 0.3) is 0 Å². The van der Waals surface area contributed by atoms with Crippen LogP contribution in [-0.2, 0) is 24.4 Å². The van der Waals surface area contributed by atoms with E-state index in [0.717, 1.165) is 6.20 Å². The molecule has 118 valence electrons. The summed E-state index contributed by atoms with van der Waals surface area (Å²) in [4.78, 5) is 22.1. The zero-order valence-electron chi connectivity index (χ0n) is 12.1. The molecule has 2 rings (SSSR count). The molecule has 0 unspecified atom stereocenters. The molecule has 2 aromatic rings. The molecule has 0 bridgehead atoms. The van der Waals surface area contributed by atoms with Gasteiger partial charge in [0.2, 0.25) is 5.91 Å². The van der Waals surface area contributed by atoms with Crippen molar-refractivity contribution in [3.8, 4) is 0 Å². The van der Waals surface area contributed by atoms with Gasteiger partial charge >= 0.3 is 5.69 Å². The highest BCUT2D eigenvalue weighted by Crippen LogP contribution is 2.16. The summed E-state index contributed by atoms with van der Waals surface area (Å²) in [6.45, 7) is 4.24. The van der Waals surface area contributed by atoms with E-state index in [0.29, 0.717) is 23.0 Å². The quantitative estimate of drug-likeness (QED) is 0.635. The van der Waals surface area contributed by atoms with Gasteiger partial charge in [-0.1, -0.05) is 11.6 Å². The Kier molecular flexibility index (Phi) is 4.76. The van der Waals surface area contributed by atoms with Crippen LogP contribution in [-0.4, -0.2) is 30.4 Å². The minimum atomic E-state index is -0.534. The largest absolute Gasteiger partial charge is 0.349 e. The van der Waals surface area contributed by atoms with Crippen LogP contribution in [0.1, 0.15) is 18.3 Å². The van der Waals surface area contributed by atoms with Crippen molar-refractivity contribution in [3.05, 3.63) is 38.9 Å². The Morgan fingerprint density at radius 3 is 2.82 bits per heavy atom. The van der Waals surface area contributed by atoms with Gasteiger partial charge in [-0.25, -0.2) is 0 Å². The molecule has 0 saturated heterocycles. The average Bonchev–Trinajstić information content (AvgIpc) is 3.00. The Labute approximate surface area is 131 Å². The zero-order valence-corrected chi connectivity index (χ0v) is 12.9. The fourth-order valence-corrected chi connectivity index (χ4v) is 2.09. The van der Waals surface area contributed by atoms with Crippen LogP contribution in [0.4, 0.5) is 5.69 Å². The molecule has 10 heteroatoms. The van der Waals surface area contributed by atoms with Gasteiger partial charge in [0.05, 0.1) is 16.5 Å². The monoisotopic (exact) mass is 326 g/mol. The lowest BCUT2D eigenvalue weighted by atomic mass is 10.4. The fraction of sp³-hybridized carbons (Fsp3) is 0.417. The number of rotatable bonds is 6. The van der Waals surface area contributed by atoms with Crippen LogP contribution in [0.2, 0.25) is 5.02 Å². The van der Waals surface area contributed by atoms with Gasteiger partial charge in [0, 0.05) is 12.7 Å². The molecule has 0 spiro atoms. The van der Waals surface area contributed by atoms with Crippen molar-refractivity contribution in [1.82, 2.24) is 24.9 Å². The van der Waals surface area contributed by atoms with Crippen molar-refractivity contribution < 1.29 is 9.72 Å². The molecule has 22 heavy (non-hydrogen) atoms. The molecule has 2 aromatic heterocycles. The van der Waals surface area contributed by atoms with Crippen molar-refractivity contribution in [2.24, 2.45) is 0 Å². The molecule has 1 amide bonds. The number of aryl methyl sites for hydroxylation is 1. The second-order valence-corrected chi connectivity index (χ2v) is 4.99. The first kappa shape index (κ1) is 16.0. The van der Waals surface area contributed by atoms with Gasteiger partial charge in [0.1, 0.15) is 24.1 Å². The first-order valence-corrected chi connectivity index (χ1v) is 6.95. The van der Waals surface area contributed by atoms with Crippen LogP contribution in [0.5, 0.6) is 0 Å². The lowest BCUT2D eigenvalue weighted by Gasteiger charge is -2.05. The van der Waals surface area contributed by atoms with Gasteiger partial charge < -0.3 is 5.32 Å². The van der Waals surface area contributed by atoms with Crippen LogP contribution in [0.3, 0.4) is 0 Å². The molecule has 1 N–H and O–H groups in total. The second-order valence-electron chi connectivity index (χ2n) is 4.59. The highest BCUT2D eigenvalue weighted by Gasteiger charge is 2.18. The summed E-state index contributed by atoms with van der Waals surface area (Å²) in [5.74, 6) is -0.330. The first-order valence-electron chi connectivity index (χ1n) is 6.57. The molecule has 0 fully saturated rings. The first-order chi connectivity index (χ1) is 10.4. The molecule has 0 aliphatic heterocycles. The number of carbonyl (C=O) groups is 1. The number of hydrogen-bond donors (Lipinski definition) is 1. The van der Waals surface area contributed by atoms with Crippen molar-refractivity contribution in [2.45, 2.75) is 33.5 Å². The van der Waals surface area contributed by atoms with E-state index in [2.05, 4.69) is 15.5 Å². The van der Waals surface area contributed by atoms with Crippen LogP contribution < -0.4 is 5.32 Å². The van der Waals surface area contributed by atoms with Crippen molar-refractivity contribution >= 4 is 23.2 Å². The van der Waals surface area contributed by atoms with Gasteiger partial charge in [-0.3, -0.25) is 24.3 Å². The maximum absolute atomic E-state index is 11.9. The lowest BCUT2D eigenvalue weighted by Crippen LogP contribution is -2.28. The third kappa shape index (κ3) is 3.42. The Hall–Kier alpha value is -2.42. The summed E-state index contributed by atoms with van der Waals surface area (Å²) in [6, 6.07) is 0. The molecule has 0 saturated carbocycles. The minimum Gasteiger partial charge on any atom is -0.349 e. The van der Waals surface area contributed by atoms with Crippen molar-refractivity contribution in [1.29, 1.82) is 0 Å². The van der Waals surface area contributed by atoms with Gasteiger partial charge in [-0.15, -0.1) is 0 Å². The van der Waals surface area contributed by atoms with Gasteiger partial charge in [-0.2, -0.15) is 10.2 Å². The second kappa shape index (κ2) is 6.56. The van der Waals surface area contributed by atoms with Crippen LogP contribution in [0.25, 0.3) is 0 Å². The lowest BCUT2D eigenvalue weighted by molar-refractivity contribution is -0.385. The summed E-state index contributed by atoms with van der Waals surface area (Å²) < 4.78 is 2.95. The number of amides is 1. The Morgan fingerprint density at radius 1 is 1.55 bits per heavy atom. The SMILES string of the molecule is CCn1cc(Cl)c(CNC(=O)Cn2ncc([N+](=O)[O-])c2C)n1. The van der Waals surface area contributed by atoms with E-state index < -0.39 is 4.92 Å². The molecular formula is C12H15ClN6O3. The van der Waals surface area contributed by atoms with Crippen molar-refractivity contribution in [2.75, 3.05) is 0 Å². The normalized spacial score (nSPS) is 10.7. The summed E-state index contributed by atoms with van der Waals surface area (Å²) >= 11 is 6.00. The molecule has 0 aliphatic carbocycles. The maximum atomic E-state index is 11.9. The van der Waals surface area contributed by atoms with Crippen LogP contribution in [0, 0.1) is 17.0 Å². The molecule has 0 aromatic carbocycles. The summed E-state index contributed by atoms with van der Waals surface area (Å²) in [5.41, 5.74) is 0.783. The molecule has 2 heterocycles. The fourth-order valence-electron chi connectivity index (χ4n) is 1.87. The van der Waals surface area contributed by atoms with Crippen LogP contribution in [0.15, 0.2) is 12.4 Å². The van der Waals surface area contributed by atoms with Crippen LogP contribution >= 0.6 is 11.6 Å². The smallest absolute Gasteiger partial charge is 0.309 e. The number of nitrogens with one attached hydrogen (secondary N) is 1. The topological polar surface area (TPSA) is 108 Å². The number of halogens is 1. The molecule has 0 aliphatic rings. The molecule has 0 atom stereocenters. The van der Waals surface area contributed by atoms with Gasteiger partial charge in [0.15, 0.2) is 0 Å². The number of aromatic nitrogens is 4. The Balaban J connectivity index is 1.96. The van der Waals surface area contributed by atoms with E-state index in [9.17, 15) is 14.9 Å². The minimum absolute atomic E-state index is 0.105. The zero-order chi connectivity index (χ0) is 16.3. The third-order valence-corrected chi connectivity index (χ3v) is 3.45. The number of carbonyl (C=O) groups excluding carboxylic acids is 1. The van der Waals surface area contributed by atoms with E-state index in [-0.39, 0.29) is 24.7 Å². The van der Waals surface area contributed by atoms with E-state index in [4.69, 9.17) is 11.6 Å². The standard InChI is InChI=1S/C12H15ClN6O3/c1-3-17-6-9(13)10(16-17)4-14-12(20)7-18-8(2)11(5-15-18)19(21)22/h5-6H,3-4,7H2,1-2H3,(H,14,20). The Bertz CT molecular complexity index is 708. The maximum Gasteiger partial charge on any atom is 0.309 e. The number of nitro groups is 1. The Morgan fingerprint density at radius 2 is 2.27 bits per heavy atom. The van der Waals surface area contributed by atoms with Crippen molar-refractivity contribution in [3.63, 3.8) is 0 Å². The molecular weight excluding hydrogens is 312 g/mol. The van der Waals surface area contributed by atoms with Gasteiger partial charge in [-0.05, 0) is 13.8 Å². The third-order valence-electron chi connectivity index (χ3n) is 3.13. The number of nitrogens with zero attached hydrogens (tertiary/aromatic N) is 5. The van der Waals surface area contributed by atoms with E-state index in [1.807, 2.05) is 6.92 Å². The molecule has 9 nitrogen and oxygen atoms in total. The summed E-state index contributed by atoms with van der Waals surface area (Å²) in [5, 5.41) is 21.9. The predicted octanol–water partition coefficient (Wildman–Crippen LogP) is 1.29. The summed E-state index contributed by atoms with van der Waals surface area (Å²) in [6.07, 6.45) is 2.81. The molecule has 0 radical (unpaired) electrons. The summed E-state index contributed by atoms with van der Waals surface area (Å²) in [7, 11) is 0. The highest BCUT2D eigenvalue weighted by molar-refractivity contribution is 6.31. The van der Waals surface area contributed by atoms with E-state index in [1.54, 1.807) is 10.9 Å².